The summed E-state index contributed by atoms with van der Waals surface area (Å²) in [6.07, 6.45) is 3.60. The molecule has 4 aromatic rings. The van der Waals surface area contributed by atoms with Gasteiger partial charge in [-0.15, -0.1) is 23.1 Å². The normalized spacial score (nSPS) is 16.0. The number of nitrogens with zero attached hydrogens (tertiary/aromatic N) is 3. The fraction of sp³-hybridized carbons (Fsp3) is 0.269. The van der Waals surface area contributed by atoms with Gasteiger partial charge in [-0.2, -0.15) is 0 Å². The summed E-state index contributed by atoms with van der Waals surface area (Å²) in [7, 11) is 0. The van der Waals surface area contributed by atoms with Gasteiger partial charge >= 0.3 is 0 Å². The molecule has 0 spiro atoms. The maximum absolute atomic E-state index is 14.1. The number of aryl methyl sites for hydroxylation is 1. The van der Waals surface area contributed by atoms with Crippen LogP contribution in [0.5, 0.6) is 0 Å². The largest absolute Gasteiger partial charge is 0.352 e. The predicted molar refractivity (Wildman–Crippen MR) is 142 cm³/mol. The molecule has 35 heavy (non-hydrogen) atoms. The van der Waals surface area contributed by atoms with Crippen molar-refractivity contribution < 1.29 is 9.18 Å². The summed E-state index contributed by atoms with van der Waals surface area (Å²) >= 11 is 3.24. The van der Waals surface area contributed by atoms with E-state index in [-0.39, 0.29) is 17.8 Å². The molecule has 2 N–H and O–H groups in total. The minimum atomic E-state index is -0.343. The first kappa shape index (κ1) is 23.7. The van der Waals surface area contributed by atoms with Crippen molar-refractivity contribution in [2.45, 2.75) is 24.4 Å². The summed E-state index contributed by atoms with van der Waals surface area (Å²) in [4.78, 5) is 26.2. The summed E-state index contributed by atoms with van der Waals surface area (Å²) in [5.74, 6) is 0.559. The summed E-state index contributed by atoms with van der Waals surface area (Å²) in [6.45, 7) is 4.16. The van der Waals surface area contributed by atoms with E-state index in [1.165, 1.54) is 4.90 Å². The maximum atomic E-state index is 14.1. The van der Waals surface area contributed by atoms with Crippen molar-refractivity contribution in [3.05, 3.63) is 71.8 Å². The van der Waals surface area contributed by atoms with E-state index >= 15 is 0 Å². The lowest BCUT2D eigenvalue weighted by Crippen LogP contribution is -2.57. The first-order valence-electron chi connectivity index (χ1n) is 11.4. The number of aromatic nitrogens is 2. The Morgan fingerprint density at radius 3 is 2.83 bits per heavy atom. The number of halogens is 1. The molecule has 180 valence electrons. The monoisotopic (exact) mass is 507 g/mol. The van der Waals surface area contributed by atoms with Crippen LogP contribution in [0.4, 0.5) is 10.2 Å². The molecular formula is C26H26FN5OS2. The topological polar surface area (TPSA) is 70.2 Å². The molecule has 9 heteroatoms. The number of fused-ring (bicyclic) bond motifs is 1. The number of nitrogens with one attached hydrogen (secondary N) is 2. The van der Waals surface area contributed by atoms with E-state index in [1.54, 1.807) is 48.5 Å². The van der Waals surface area contributed by atoms with Crippen LogP contribution in [0.1, 0.15) is 11.1 Å². The van der Waals surface area contributed by atoms with Crippen molar-refractivity contribution in [2.75, 3.05) is 30.8 Å². The fourth-order valence-corrected chi connectivity index (χ4v) is 5.66. The number of hydrogen-bond acceptors (Lipinski definition) is 7. The van der Waals surface area contributed by atoms with E-state index in [4.69, 9.17) is 0 Å². The third kappa shape index (κ3) is 5.17. The molecule has 1 amide bonds. The number of amides is 1. The first-order valence-corrected chi connectivity index (χ1v) is 13.5. The first-order chi connectivity index (χ1) is 17.0. The Morgan fingerprint density at radius 2 is 2.06 bits per heavy atom. The van der Waals surface area contributed by atoms with Gasteiger partial charge in [-0.05, 0) is 54.1 Å². The predicted octanol–water partition coefficient (Wildman–Crippen LogP) is 4.62. The molecule has 3 heterocycles. The molecule has 1 saturated heterocycles. The fourth-order valence-electron chi connectivity index (χ4n) is 4.13. The molecule has 6 nitrogen and oxygen atoms in total. The van der Waals surface area contributed by atoms with E-state index in [2.05, 4.69) is 37.6 Å². The highest BCUT2D eigenvalue weighted by atomic mass is 32.2. The minimum absolute atomic E-state index is 0.0315. The van der Waals surface area contributed by atoms with Gasteiger partial charge in [0.2, 0.25) is 5.91 Å². The number of rotatable bonds is 6. The number of anilines is 1. The number of hydrogen-bond donors (Lipinski definition) is 2. The number of thiophene rings is 1. The molecule has 1 aliphatic heterocycles. The van der Waals surface area contributed by atoms with E-state index in [9.17, 15) is 9.18 Å². The molecule has 0 aliphatic carbocycles. The highest BCUT2D eigenvalue weighted by Gasteiger charge is 2.27. The van der Waals surface area contributed by atoms with Gasteiger partial charge in [0.15, 0.2) is 0 Å². The molecule has 1 atom stereocenters. The van der Waals surface area contributed by atoms with Crippen LogP contribution in [0.3, 0.4) is 0 Å². The molecule has 0 bridgehead atoms. The minimum Gasteiger partial charge on any atom is -0.352 e. The lowest BCUT2D eigenvalue weighted by molar-refractivity contribution is -0.123. The van der Waals surface area contributed by atoms with Crippen molar-refractivity contribution in [1.29, 1.82) is 0 Å². The highest BCUT2D eigenvalue weighted by molar-refractivity contribution is 7.98. The van der Waals surface area contributed by atoms with Crippen LogP contribution in [0, 0.1) is 12.7 Å². The SMILES string of the molecule is CSc1ccc(CNC(=O)[C@@H]2CN(c3ncnc4cc(-c5ccc(C)c(F)c5)sc34)CCN2)cc1. The smallest absolute Gasteiger partial charge is 0.239 e. The molecule has 5 rings (SSSR count). The Hall–Kier alpha value is -3.01. The summed E-state index contributed by atoms with van der Waals surface area (Å²) in [5.41, 5.74) is 3.34. The van der Waals surface area contributed by atoms with Crippen molar-refractivity contribution in [3.63, 3.8) is 0 Å². The zero-order valence-electron chi connectivity index (χ0n) is 19.5. The Balaban J connectivity index is 1.31. The van der Waals surface area contributed by atoms with Gasteiger partial charge in [0.05, 0.1) is 10.2 Å². The van der Waals surface area contributed by atoms with E-state index in [0.29, 0.717) is 25.2 Å². The maximum Gasteiger partial charge on any atom is 0.239 e. The molecule has 1 aliphatic rings. The Labute approximate surface area is 212 Å². The third-order valence-electron chi connectivity index (χ3n) is 6.17. The van der Waals surface area contributed by atoms with Gasteiger partial charge in [0.1, 0.15) is 24.0 Å². The summed E-state index contributed by atoms with van der Waals surface area (Å²) in [6, 6.07) is 15.1. The molecule has 2 aromatic heterocycles. The van der Waals surface area contributed by atoms with E-state index in [1.807, 2.05) is 30.5 Å². The van der Waals surface area contributed by atoms with Gasteiger partial charge in [0, 0.05) is 36.0 Å². The summed E-state index contributed by atoms with van der Waals surface area (Å²) < 4.78 is 15.1. The van der Waals surface area contributed by atoms with Gasteiger partial charge in [-0.1, -0.05) is 24.3 Å². The van der Waals surface area contributed by atoms with E-state index in [0.717, 1.165) is 38.6 Å². The van der Waals surface area contributed by atoms with Crippen molar-refractivity contribution in [2.24, 2.45) is 0 Å². The average Bonchev–Trinajstić information content (AvgIpc) is 3.34. The zero-order chi connectivity index (χ0) is 24.4. The van der Waals surface area contributed by atoms with Gasteiger partial charge in [-0.3, -0.25) is 4.79 Å². The third-order valence-corrected chi connectivity index (χ3v) is 8.08. The number of thioether (sulfide) groups is 1. The van der Waals surface area contributed by atoms with Crippen LogP contribution in [-0.2, 0) is 11.3 Å². The van der Waals surface area contributed by atoms with Crippen molar-refractivity contribution in [1.82, 2.24) is 20.6 Å². The molecule has 0 radical (unpaired) electrons. The average molecular weight is 508 g/mol. The standard InChI is InChI=1S/C26H26FN5OS2/c1-16-3-6-18(11-20(16)27)23-12-21-24(35-23)25(31-15-30-21)32-10-9-28-22(14-32)26(33)29-13-17-4-7-19(34-2)8-5-17/h3-8,11-12,15,22,28H,9-10,13-14H2,1-2H3,(H,29,33)/t22-/m0/s1. The van der Waals surface area contributed by atoms with Crippen molar-refractivity contribution >= 4 is 45.0 Å². The van der Waals surface area contributed by atoms with Crippen LogP contribution in [-0.4, -0.2) is 47.8 Å². The second-order valence-corrected chi connectivity index (χ2v) is 10.4. The van der Waals surface area contributed by atoms with Gasteiger partial charge in [-0.25, -0.2) is 14.4 Å². The summed E-state index contributed by atoms with van der Waals surface area (Å²) in [5, 5.41) is 6.38. The number of piperazine rings is 1. The molecule has 2 aromatic carbocycles. The van der Waals surface area contributed by atoms with Crippen LogP contribution in [0.15, 0.2) is 59.8 Å². The Morgan fingerprint density at radius 1 is 1.23 bits per heavy atom. The van der Waals surface area contributed by atoms with Crippen LogP contribution < -0.4 is 15.5 Å². The number of benzene rings is 2. The van der Waals surface area contributed by atoms with Crippen LogP contribution in [0.25, 0.3) is 20.7 Å². The van der Waals surface area contributed by atoms with Crippen LogP contribution >= 0.6 is 23.1 Å². The molecule has 0 saturated carbocycles. The quantitative estimate of drug-likeness (QED) is 0.371. The van der Waals surface area contributed by atoms with Gasteiger partial charge < -0.3 is 15.5 Å². The Bertz CT molecular complexity index is 1360. The van der Waals surface area contributed by atoms with E-state index < -0.39 is 0 Å². The second kappa shape index (κ2) is 10.3. The molecule has 0 unspecified atom stereocenters. The number of carbonyl (C=O) groups excluding carboxylic acids is 1. The Kier molecular flexibility index (Phi) is 6.99. The highest BCUT2D eigenvalue weighted by Crippen LogP contribution is 2.37. The zero-order valence-corrected chi connectivity index (χ0v) is 21.2. The van der Waals surface area contributed by atoms with Gasteiger partial charge in [0.25, 0.3) is 0 Å². The van der Waals surface area contributed by atoms with Crippen molar-refractivity contribution in [3.8, 4) is 10.4 Å². The van der Waals surface area contributed by atoms with Crippen LogP contribution in [0.2, 0.25) is 0 Å². The molecule has 1 fully saturated rings. The molecular weight excluding hydrogens is 481 g/mol. The second-order valence-electron chi connectivity index (χ2n) is 8.50. The number of carbonyl (C=O) groups is 1. The lowest BCUT2D eigenvalue weighted by Gasteiger charge is -2.33. The lowest BCUT2D eigenvalue weighted by atomic mass is 10.1.